The highest BCUT2D eigenvalue weighted by Gasteiger charge is 2.11. The van der Waals surface area contributed by atoms with Crippen LogP contribution in [-0.4, -0.2) is 24.1 Å². The van der Waals surface area contributed by atoms with Crippen molar-refractivity contribution in [2.24, 2.45) is 0 Å². The first-order valence-corrected chi connectivity index (χ1v) is 9.07. The van der Waals surface area contributed by atoms with E-state index in [-0.39, 0.29) is 0 Å². The van der Waals surface area contributed by atoms with E-state index in [2.05, 4.69) is 73.6 Å². The van der Waals surface area contributed by atoms with E-state index in [9.17, 15) is 0 Å². The second-order valence-electron chi connectivity index (χ2n) is 6.99. The monoisotopic (exact) mass is 349 g/mol. The van der Waals surface area contributed by atoms with Gasteiger partial charge >= 0.3 is 0 Å². The van der Waals surface area contributed by atoms with E-state index >= 15 is 0 Å². The van der Waals surface area contributed by atoms with Crippen molar-refractivity contribution in [3.8, 4) is 11.1 Å². The zero-order chi connectivity index (χ0) is 18.4. The Morgan fingerprint density at radius 3 is 1.96 bits per heavy atom. The van der Waals surface area contributed by atoms with E-state index in [0.717, 1.165) is 27.5 Å². The normalized spacial score (nSPS) is 11.3. The summed E-state index contributed by atoms with van der Waals surface area (Å²) in [5.74, 6) is 0. The van der Waals surface area contributed by atoms with Crippen LogP contribution in [0.25, 0.3) is 44.0 Å². The fraction of sp³-hybridized carbons (Fsp3) is 0.0833. The predicted octanol–water partition coefficient (Wildman–Crippen LogP) is 5.67. The number of rotatable bonds is 2. The number of para-hydroxylation sites is 2. The summed E-state index contributed by atoms with van der Waals surface area (Å²) in [6, 6.07) is 27.3. The Bertz CT molecular complexity index is 1290. The van der Waals surface area contributed by atoms with Crippen LogP contribution < -0.4 is 4.90 Å². The Kier molecular flexibility index (Phi) is 3.54. The molecule has 5 aromatic rings. The highest BCUT2D eigenvalue weighted by molar-refractivity contribution is 6.12. The second kappa shape index (κ2) is 6.06. The van der Waals surface area contributed by atoms with Crippen LogP contribution in [-0.2, 0) is 0 Å². The molecule has 0 fully saturated rings. The Hall–Kier alpha value is -3.46. The lowest BCUT2D eigenvalue weighted by Gasteiger charge is -2.14. The van der Waals surface area contributed by atoms with Gasteiger partial charge in [0.05, 0.1) is 22.1 Å². The number of nitrogens with zero attached hydrogens (tertiary/aromatic N) is 3. The summed E-state index contributed by atoms with van der Waals surface area (Å²) < 4.78 is 0. The van der Waals surface area contributed by atoms with Gasteiger partial charge in [0.2, 0.25) is 0 Å². The van der Waals surface area contributed by atoms with Crippen LogP contribution in [0.2, 0.25) is 0 Å². The van der Waals surface area contributed by atoms with Gasteiger partial charge in [-0.05, 0) is 46.8 Å². The molecule has 0 bridgehead atoms. The lowest BCUT2D eigenvalue weighted by atomic mass is 9.96. The number of anilines is 1. The Labute approximate surface area is 157 Å². The molecule has 5 rings (SSSR count). The molecule has 1 heterocycles. The maximum absolute atomic E-state index is 4.91. The summed E-state index contributed by atoms with van der Waals surface area (Å²) >= 11 is 0. The van der Waals surface area contributed by atoms with Crippen molar-refractivity contribution in [1.29, 1.82) is 0 Å². The first kappa shape index (κ1) is 15.8. The van der Waals surface area contributed by atoms with Gasteiger partial charge in [-0.1, -0.05) is 48.5 Å². The zero-order valence-corrected chi connectivity index (χ0v) is 15.3. The molecule has 3 heteroatoms. The van der Waals surface area contributed by atoms with Crippen molar-refractivity contribution in [1.82, 2.24) is 9.97 Å². The van der Waals surface area contributed by atoms with E-state index in [1.807, 2.05) is 24.3 Å². The summed E-state index contributed by atoms with van der Waals surface area (Å²) in [5.41, 5.74) is 7.31. The van der Waals surface area contributed by atoms with Gasteiger partial charge in [0.1, 0.15) is 0 Å². The Morgan fingerprint density at radius 1 is 0.630 bits per heavy atom. The van der Waals surface area contributed by atoms with Crippen LogP contribution in [0.4, 0.5) is 5.69 Å². The molecule has 27 heavy (non-hydrogen) atoms. The topological polar surface area (TPSA) is 29.0 Å². The second-order valence-corrected chi connectivity index (χ2v) is 6.99. The molecule has 0 saturated heterocycles. The summed E-state index contributed by atoms with van der Waals surface area (Å²) in [6.45, 7) is 0. The van der Waals surface area contributed by atoms with Crippen molar-refractivity contribution in [2.75, 3.05) is 19.0 Å². The third-order valence-electron chi connectivity index (χ3n) is 5.05. The molecule has 0 aliphatic heterocycles. The quantitative estimate of drug-likeness (QED) is 0.304. The minimum absolute atomic E-state index is 0.925. The summed E-state index contributed by atoms with van der Waals surface area (Å²) in [7, 11) is 4.11. The minimum Gasteiger partial charge on any atom is -0.378 e. The van der Waals surface area contributed by atoms with Crippen molar-refractivity contribution in [2.45, 2.75) is 0 Å². The number of aromatic nitrogens is 2. The molecule has 130 valence electrons. The van der Waals surface area contributed by atoms with Crippen LogP contribution in [0.5, 0.6) is 0 Å². The number of fused-ring (bicyclic) bond motifs is 4. The smallest absolute Gasteiger partial charge is 0.0973 e. The molecule has 4 aromatic carbocycles. The van der Waals surface area contributed by atoms with Crippen LogP contribution in [0.15, 0.2) is 78.9 Å². The SMILES string of the molecule is CN(C)c1ccc(-c2cc3nc4ccccc4nc3c3ccccc23)cc1. The van der Waals surface area contributed by atoms with Gasteiger partial charge in [0.25, 0.3) is 0 Å². The summed E-state index contributed by atoms with van der Waals surface area (Å²) in [6.07, 6.45) is 0. The lowest BCUT2D eigenvalue weighted by molar-refractivity contribution is 1.13. The average Bonchev–Trinajstić information content (AvgIpc) is 2.72. The molecule has 0 unspecified atom stereocenters. The average molecular weight is 349 g/mol. The molecular formula is C24H19N3. The maximum Gasteiger partial charge on any atom is 0.0973 e. The number of hydrogen-bond acceptors (Lipinski definition) is 3. The predicted molar refractivity (Wildman–Crippen MR) is 114 cm³/mol. The Morgan fingerprint density at radius 2 is 1.26 bits per heavy atom. The van der Waals surface area contributed by atoms with Gasteiger partial charge in [-0.3, -0.25) is 0 Å². The van der Waals surface area contributed by atoms with Crippen molar-refractivity contribution in [3.05, 3.63) is 78.9 Å². The molecule has 0 amide bonds. The fourth-order valence-electron chi connectivity index (χ4n) is 3.63. The molecule has 0 aliphatic carbocycles. The van der Waals surface area contributed by atoms with Crippen LogP contribution in [0.3, 0.4) is 0 Å². The summed E-state index contributed by atoms with van der Waals surface area (Å²) in [4.78, 5) is 11.9. The third kappa shape index (κ3) is 2.59. The minimum atomic E-state index is 0.925. The van der Waals surface area contributed by atoms with Crippen LogP contribution in [0, 0.1) is 0 Å². The molecule has 1 aromatic heterocycles. The fourth-order valence-corrected chi connectivity index (χ4v) is 3.63. The molecule has 0 radical (unpaired) electrons. The molecule has 3 nitrogen and oxygen atoms in total. The van der Waals surface area contributed by atoms with E-state index in [1.54, 1.807) is 0 Å². The van der Waals surface area contributed by atoms with Gasteiger partial charge < -0.3 is 4.90 Å². The molecule has 0 atom stereocenters. The number of benzene rings is 4. The van der Waals surface area contributed by atoms with Crippen LogP contribution >= 0.6 is 0 Å². The first-order chi connectivity index (χ1) is 13.2. The van der Waals surface area contributed by atoms with E-state index in [1.165, 1.54) is 22.2 Å². The van der Waals surface area contributed by atoms with Crippen molar-refractivity contribution >= 4 is 38.5 Å². The highest BCUT2D eigenvalue weighted by atomic mass is 15.1. The molecule has 0 N–H and O–H groups in total. The molecular weight excluding hydrogens is 330 g/mol. The Balaban J connectivity index is 1.84. The van der Waals surface area contributed by atoms with Gasteiger partial charge in [-0.15, -0.1) is 0 Å². The van der Waals surface area contributed by atoms with Crippen LogP contribution in [0.1, 0.15) is 0 Å². The largest absolute Gasteiger partial charge is 0.378 e. The first-order valence-electron chi connectivity index (χ1n) is 9.07. The maximum atomic E-state index is 4.91. The zero-order valence-electron chi connectivity index (χ0n) is 15.3. The van der Waals surface area contributed by atoms with Gasteiger partial charge in [0.15, 0.2) is 0 Å². The standard InChI is InChI=1S/C24H19N3/c1-27(2)17-13-11-16(12-14-17)20-15-23-24(19-8-4-3-7-18(19)20)26-22-10-6-5-9-21(22)25-23/h3-15H,1-2H3. The van der Waals surface area contributed by atoms with Gasteiger partial charge in [-0.2, -0.15) is 0 Å². The molecule has 0 spiro atoms. The van der Waals surface area contributed by atoms with E-state index < -0.39 is 0 Å². The molecule has 0 saturated carbocycles. The lowest BCUT2D eigenvalue weighted by Crippen LogP contribution is -2.07. The van der Waals surface area contributed by atoms with Crippen molar-refractivity contribution in [3.63, 3.8) is 0 Å². The van der Waals surface area contributed by atoms with Crippen molar-refractivity contribution < 1.29 is 0 Å². The van der Waals surface area contributed by atoms with E-state index in [4.69, 9.17) is 9.97 Å². The van der Waals surface area contributed by atoms with E-state index in [0.29, 0.717) is 0 Å². The highest BCUT2D eigenvalue weighted by Crippen LogP contribution is 2.34. The van der Waals surface area contributed by atoms with Gasteiger partial charge in [0, 0.05) is 25.2 Å². The number of hydrogen-bond donors (Lipinski definition) is 0. The molecule has 0 aliphatic rings. The van der Waals surface area contributed by atoms with Gasteiger partial charge in [-0.25, -0.2) is 9.97 Å². The summed E-state index contributed by atoms with van der Waals surface area (Å²) in [5, 5.41) is 2.34. The third-order valence-corrected chi connectivity index (χ3v) is 5.05.